The van der Waals surface area contributed by atoms with Gasteiger partial charge in [-0.25, -0.2) is 0 Å². The van der Waals surface area contributed by atoms with Gasteiger partial charge >= 0.3 is 0 Å². The van der Waals surface area contributed by atoms with Gasteiger partial charge in [-0.2, -0.15) is 0 Å². The van der Waals surface area contributed by atoms with Crippen LogP contribution in [0.3, 0.4) is 0 Å². The summed E-state index contributed by atoms with van der Waals surface area (Å²) in [6.45, 7) is 26.0. The van der Waals surface area contributed by atoms with Crippen LogP contribution in [0.4, 0.5) is 0 Å². The molecule has 364 valence electrons. The monoisotopic (exact) mass is 924 g/mol. The van der Waals surface area contributed by atoms with E-state index in [2.05, 4.69) is 146 Å². The quantitative estimate of drug-likeness (QED) is 0.0458. The molecule has 0 fully saturated rings. The number of rotatable bonds is 35. The van der Waals surface area contributed by atoms with Gasteiger partial charge in [0.05, 0.1) is 14.4 Å². The Bertz CT molecular complexity index is 1800. The largest absolute Gasteiger partial charge is 0.790 e. The maximum atomic E-state index is 11.3. The minimum absolute atomic E-state index is 0.392. The minimum atomic E-state index is -5.67. The molecule has 0 amide bonds. The van der Waals surface area contributed by atoms with Crippen LogP contribution in [0, 0.1) is 0 Å². The molecule has 0 aromatic carbocycles. The number of phosphoric acid groups is 2. The molecule has 1 atom stereocenters. The summed E-state index contributed by atoms with van der Waals surface area (Å²) < 4.78 is 29.7. The third-order valence-electron chi connectivity index (χ3n) is 11.2. The van der Waals surface area contributed by atoms with E-state index in [4.69, 9.17) is 0 Å². The van der Waals surface area contributed by atoms with Crippen molar-refractivity contribution in [2.45, 2.75) is 212 Å². The fourth-order valence-electron chi connectivity index (χ4n) is 6.94. The molecule has 0 aliphatic carbocycles. The molecule has 0 aromatic heterocycles. The summed E-state index contributed by atoms with van der Waals surface area (Å²) in [4.78, 5) is 32.3. The van der Waals surface area contributed by atoms with Gasteiger partial charge in [-0.05, 0) is 212 Å². The minimum Gasteiger partial charge on any atom is -0.790 e. The standard InChI is InChI=1S/C55H92O7P2/c1-45(2)23-13-24-46(3)25-14-26-47(4)27-15-28-48(5)29-16-30-49(6)31-17-32-50(7)33-18-34-51(8)35-19-36-52(9)37-20-38-53(10)39-21-40-54(11)41-22-42-55(12)43-44-61-64(59,60)62-63(56,57)58/h23,25,27,29,31,33,35,37,39,41,43H,13-22,24,26,28,30,32,34,36,38,40,42,44H2,1-12H3,(H,59,60)(H2,56,57,58)/p-3/b46-25+,47-27+,48-29-,49-31-,50-33-,51-35-,52-37-,53-39-,54-41-,55-43-. The summed E-state index contributed by atoms with van der Waals surface area (Å²) >= 11 is 0. The molecule has 0 aromatic rings. The Balaban J connectivity index is 4.31. The Morgan fingerprint density at radius 1 is 0.328 bits per heavy atom. The van der Waals surface area contributed by atoms with Gasteiger partial charge in [-0.1, -0.05) is 128 Å². The van der Waals surface area contributed by atoms with Crippen LogP contribution in [0.5, 0.6) is 0 Å². The lowest BCUT2D eigenvalue weighted by Crippen LogP contribution is -2.19. The summed E-state index contributed by atoms with van der Waals surface area (Å²) in [6, 6.07) is 0. The molecule has 9 heteroatoms. The van der Waals surface area contributed by atoms with Crippen LogP contribution in [0.25, 0.3) is 0 Å². The van der Waals surface area contributed by atoms with E-state index in [-0.39, 0.29) is 0 Å². The van der Waals surface area contributed by atoms with Crippen LogP contribution in [-0.4, -0.2) is 6.61 Å². The third kappa shape index (κ3) is 40.9. The van der Waals surface area contributed by atoms with E-state index < -0.39 is 22.3 Å². The lowest BCUT2D eigenvalue weighted by Gasteiger charge is -2.34. The van der Waals surface area contributed by atoms with Crippen LogP contribution in [0.15, 0.2) is 128 Å². The predicted molar refractivity (Wildman–Crippen MR) is 272 cm³/mol. The van der Waals surface area contributed by atoms with Crippen molar-refractivity contribution in [2.24, 2.45) is 0 Å². The first kappa shape index (κ1) is 61.4. The maximum absolute atomic E-state index is 11.3. The first-order valence-electron chi connectivity index (χ1n) is 24.0. The van der Waals surface area contributed by atoms with Gasteiger partial charge in [0.15, 0.2) is 0 Å². The van der Waals surface area contributed by atoms with E-state index in [0.29, 0.717) is 6.42 Å². The number of hydrogen-bond donors (Lipinski definition) is 0. The molecule has 7 nitrogen and oxygen atoms in total. The molecule has 0 bridgehead atoms. The Morgan fingerprint density at radius 3 is 0.703 bits per heavy atom. The van der Waals surface area contributed by atoms with Crippen molar-refractivity contribution >= 4 is 15.6 Å². The molecule has 0 radical (unpaired) electrons. The Kier molecular flexibility index (Phi) is 35.0. The van der Waals surface area contributed by atoms with Crippen LogP contribution in [0.2, 0.25) is 0 Å². The number of allylic oxidation sites excluding steroid dienone is 21. The zero-order valence-electron chi connectivity index (χ0n) is 42.5. The lowest BCUT2D eigenvalue weighted by molar-refractivity contribution is -0.339. The van der Waals surface area contributed by atoms with Crippen molar-refractivity contribution in [3.8, 4) is 0 Å². The van der Waals surface area contributed by atoms with Gasteiger partial charge in [0.1, 0.15) is 0 Å². The Hall–Kier alpha value is -2.60. The van der Waals surface area contributed by atoms with Crippen LogP contribution in [0.1, 0.15) is 212 Å². The van der Waals surface area contributed by atoms with Crippen LogP contribution >= 0.6 is 15.6 Å². The van der Waals surface area contributed by atoms with E-state index in [0.717, 1.165) is 115 Å². The molecule has 1 unspecified atom stereocenters. The van der Waals surface area contributed by atoms with Gasteiger partial charge in [-0.15, -0.1) is 0 Å². The van der Waals surface area contributed by atoms with Gasteiger partial charge < -0.3 is 23.8 Å². The van der Waals surface area contributed by atoms with E-state index in [9.17, 15) is 23.8 Å². The molecule has 0 heterocycles. The van der Waals surface area contributed by atoms with Crippen LogP contribution in [-0.2, 0) is 18.0 Å². The average Bonchev–Trinajstić information content (AvgIpc) is 3.16. The molecule has 0 spiro atoms. The lowest BCUT2D eigenvalue weighted by atomic mass is 10.0. The summed E-state index contributed by atoms with van der Waals surface area (Å²) in [6.07, 6.45) is 46.9. The molecule has 0 saturated heterocycles. The first-order valence-corrected chi connectivity index (χ1v) is 26.9. The van der Waals surface area contributed by atoms with Crippen molar-refractivity contribution in [1.82, 2.24) is 0 Å². The molecule has 0 aliphatic heterocycles. The highest BCUT2D eigenvalue weighted by molar-refractivity contribution is 7.58. The Labute approximate surface area is 393 Å². The van der Waals surface area contributed by atoms with E-state index in [1.165, 1.54) is 74.6 Å². The van der Waals surface area contributed by atoms with Crippen LogP contribution < -0.4 is 14.7 Å². The molecular weight excluding hydrogens is 835 g/mol. The number of phosphoric ester groups is 1. The summed E-state index contributed by atoms with van der Waals surface area (Å²) in [5.74, 6) is 0. The highest BCUT2D eigenvalue weighted by atomic mass is 31.3. The average molecular weight is 924 g/mol. The topological polar surface area (TPSA) is 122 Å². The SMILES string of the molecule is CC(C)=CCC/C(C)=C/CC/C(C)=C/CC/C(C)=C\CC/C(C)=C\CC/C(C)=C\CC/C(C)=C\CC/C(C)=C\CC/C(C)=C\CC/C(C)=C\CC/C(C)=C\COP(=O)([O-])OP(=O)([O-])[O-]. The molecule has 0 N–H and O–H groups in total. The van der Waals surface area contributed by atoms with Gasteiger partial charge in [-0.3, -0.25) is 8.88 Å². The Morgan fingerprint density at radius 2 is 0.516 bits per heavy atom. The zero-order chi connectivity index (χ0) is 48.4. The molecule has 64 heavy (non-hydrogen) atoms. The van der Waals surface area contributed by atoms with E-state index in [1.807, 2.05) is 6.92 Å². The van der Waals surface area contributed by atoms with Gasteiger partial charge in [0.25, 0.3) is 7.82 Å². The molecule has 0 aliphatic rings. The van der Waals surface area contributed by atoms with Crippen molar-refractivity contribution in [1.29, 1.82) is 0 Å². The van der Waals surface area contributed by atoms with Gasteiger partial charge in [0.2, 0.25) is 0 Å². The highest BCUT2D eigenvalue weighted by Gasteiger charge is 2.10. The summed E-state index contributed by atoms with van der Waals surface area (Å²) in [5, 5.41) is 0. The second-order valence-electron chi connectivity index (χ2n) is 18.4. The highest BCUT2D eigenvalue weighted by Crippen LogP contribution is 2.50. The van der Waals surface area contributed by atoms with Crippen molar-refractivity contribution < 1.29 is 32.6 Å². The summed E-state index contributed by atoms with van der Waals surface area (Å²) in [7, 11) is -10.9. The second-order valence-corrected chi connectivity index (χ2v) is 21.1. The molecule has 0 rings (SSSR count). The fourth-order valence-corrected chi connectivity index (χ4v) is 8.37. The fraction of sp³-hybridized carbons (Fsp3) is 0.600. The number of hydrogen-bond acceptors (Lipinski definition) is 7. The van der Waals surface area contributed by atoms with E-state index in [1.54, 1.807) is 0 Å². The normalized spacial score (nSPS) is 15.9. The predicted octanol–water partition coefficient (Wildman–Crippen LogP) is 16.5. The second kappa shape index (κ2) is 36.5. The maximum Gasteiger partial charge on any atom is 0.272 e. The zero-order valence-corrected chi connectivity index (χ0v) is 44.2. The molecule has 0 saturated carbocycles. The van der Waals surface area contributed by atoms with Crippen molar-refractivity contribution in [3.63, 3.8) is 0 Å². The van der Waals surface area contributed by atoms with Gasteiger partial charge in [0, 0.05) is 0 Å². The summed E-state index contributed by atoms with van der Waals surface area (Å²) in [5.41, 5.74) is 15.5. The molecular formula is C55H89O7P2-3. The first-order chi connectivity index (χ1) is 30.1. The van der Waals surface area contributed by atoms with Crippen molar-refractivity contribution in [2.75, 3.05) is 6.61 Å². The smallest absolute Gasteiger partial charge is 0.272 e. The van der Waals surface area contributed by atoms with E-state index >= 15 is 0 Å². The van der Waals surface area contributed by atoms with Crippen molar-refractivity contribution in [3.05, 3.63) is 128 Å². The third-order valence-corrected chi connectivity index (χ3v) is 13.3.